The largest absolute Gasteiger partial charge is 0.478 e. The fourth-order valence-electron chi connectivity index (χ4n) is 3.13. The van der Waals surface area contributed by atoms with Gasteiger partial charge in [0.25, 0.3) is 0 Å². The number of pyridine rings is 1. The van der Waals surface area contributed by atoms with Crippen LogP contribution < -0.4 is 5.32 Å². The Hall–Kier alpha value is -4.03. The zero-order valence-electron chi connectivity index (χ0n) is 17.2. The molecule has 0 amide bonds. The Morgan fingerprint density at radius 1 is 1.06 bits per heavy atom. The van der Waals surface area contributed by atoms with E-state index in [1.54, 1.807) is 61.1 Å². The smallest absolute Gasteiger partial charge is 0.336 e. The predicted molar refractivity (Wildman–Crippen MR) is 127 cm³/mol. The van der Waals surface area contributed by atoms with Crippen molar-refractivity contribution in [3.05, 3.63) is 101 Å². The van der Waals surface area contributed by atoms with Gasteiger partial charge in [0.15, 0.2) is 0 Å². The number of halogens is 1. The first-order chi connectivity index (χ1) is 15.5. The number of nitrogens with zero attached hydrogens (tertiary/aromatic N) is 3. The van der Waals surface area contributed by atoms with Crippen LogP contribution in [0.2, 0.25) is 5.02 Å². The van der Waals surface area contributed by atoms with Gasteiger partial charge in [-0.1, -0.05) is 35.9 Å². The van der Waals surface area contributed by atoms with E-state index in [1.807, 2.05) is 31.2 Å². The number of aliphatic carboxylic acids is 1. The van der Waals surface area contributed by atoms with Crippen LogP contribution in [0.25, 0.3) is 22.9 Å². The minimum Gasteiger partial charge on any atom is -0.478 e. The maximum absolute atomic E-state index is 12.0. The third-order valence-corrected chi connectivity index (χ3v) is 5.07. The first-order valence-corrected chi connectivity index (χ1v) is 10.2. The van der Waals surface area contributed by atoms with Crippen molar-refractivity contribution >= 4 is 40.9 Å². The Bertz CT molecular complexity index is 1290. The molecule has 0 spiro atoms. The molecular weight excluding hydrogens is 424 g/mol. The lowest BCUT2D eigenvalue weighted by Crippen LogP contribution is -2.03. The van der Waals surface area contributed by atoms with Gasteiger partial charge >= 0.3 is 5.97 Å². The SMILES string of the molecule is Cc1ccc(/C(=C\c2ccc(Cl)cc2)C(=O)O)cc1Nc1nccc(-c2cccnc2)n1. The Morgan fingerprint density at radius 2 is 1.88 bits per heavy atom. The maximum atomic E-state index is 12.0. The molecule has 2 N–H and O–H groups in total. The van der Waals surface area contributed by atoms with Crippen LogP contribution in [0.3, 0.4) is 0 Å². The molecular formula is C25H19ClN4O2. The summed E-state index contributed by atoms with van der Waals surface area (Å²) in [4.78, 5) is 25.0. The van der Waals surface area contributed by atoms with Gasteiger partial charge in [0.2, 0.25) is 5.95 Å². The van der Waals surface area contributed by atoms with E-state index in [4.69, 9.17) is 11.6 Å². The molecule has 158 valence electrons. The van der Waals surface area contributed by atoms with Crippen molar-refractivity contribution in [2.75, 3.05) is 5.32 Å². The summed E-state index contributed by atoms with van der Waals surface area (Å²) in [6.45, 7) is 1.93. The van der Waals surface area contributed by atoms with Crippen LogP contribution in [0.4, 0.5) is 11.6 Å². The van der Waals surface area contributed by atoms with Gasteiger partial charge in [-0.05, 0) is 66.1 Å². The molecule has 4 aromatic rings. The Morgan fingerprint density at radius 3 is 2.59 bits per heavy atom. The second-order valence-corrected chi connectivity index (χ2v) is 7.51. The second kappa shape index (κ2) is 9.41. The molecule has 0 saturated heterocycles. The highest BCUT2D eigenvalue weighted by Gasteiger charge is 2.13. The molecule has 0 aliphatic carbocycles. The first-order valence-electron chi connectivity index (χ1n) is 9.81. The number of carboxylic acid groups (broad SMARTS) is 1. The Kier molecular flexibility index (Phi) is 6.24. The average Bonchev–Trinajstić information content (AvgIpc) is 2.81. The molecule has 2 heterocycles. The van der Waals surface area contributed by atoms with Gasteiger partial charge in [0, 0.05) is 34.9 Å². The number of rotatable bonds is 6. The molecule has 0 aliphatic rings. The van der Waals surface area contributed by atoms with E-state index in [9.17, 15) is 9.90 Å². The third kappa shape index (κ3) is 4.99. The summed E-state index contributed by atoms with van der Waals surface area (Å²) in [6, 6.07) is 18.0. The normalized spacial score (nSPS) is 11.2. The summed E-state index contributed by atoms with van der Waals surface area (Å²) in [7, 11) is 0. The zero-order valence-corrected chi connectivity index (χ0v) is 17.9. The molecule has 0 unspecified atom stereocenters. The van der Waals surface area contributed by atoms with E-state index < -0.39 is 5.97 Å². The van der Waals surface area contributed by atoms with Gasteiger partial charge in [-0.2, -0.15) is 0 Å². The summed E-state index contributed by atoms with van der Waals surface area (Å²) < 4.78 is 0. The predicted octanol–water partition coefficient (Wildman–Crippen LogP) is 5.87. The van der Waals surface area contributed by atoms with Crippen molar-refractivity contribution in [1.29, 1.82) is 0 Å². The number of hydrogen-bond acceptors (Lipinski definition) is 5. The minimum atomic E-state index is -1.02. The van der Waals surface area contributed by atoms with E-state index in [1.165, 1.54) is 0 Å². The highest BCUT2D eigenvalue weighted by Crippen LogP contribution is 2.27. The fraction of sp³-hybridized carbons (Fsp3) is 0.0400. The number of anilines is 2. The van der Waals surface area contributed by atoms with Gasteiger partial charge in [-0.3, -0.25) is 4.98 Å². The summed E-state index contributed by atoms with van der Waals surface area (Å²) in [5.74, 6) is -0.616. The second-order valence-electron chi connectivity index (χ2n) is 7.08. The summed E-state index contributed by atoms with van der Waals surface area (Å²) >= 11 is 5.93. The molecule has 32 heavy (non-hydrogen) atoms. The average molecular weight is 443 g/mol. The van der Waals surface area contributed by atoms with Crippen molar-refractivity contribution in [1.82, 2.24) is 15.0 Å². The first kappa shape index (κ1) is 21.2. The molecule has 2 aromatic heterocycles. The van der Waals surface area contributed by atoms with Crippen LogP contribution >= 0.6 is 11.6 Å². The van der Waals surface area contributed by atoms with Crippen LogP contribution in [0.1, 0.15) is 16.7 Å². The molecule has 0 saturated carbocycles. The Labute approximate surface area is 190 Å². The summed E-state index contributed by atoms with van der Waals surface area (Å²) in [5, 5.41) is 13.6. The molecule has 0 atom stereocenters. The van der Waals surface area contributed by atoms with Crippen molar-refractivity contribution in [3.63, 3.8) is 0 Å². The Balaban J connectivity index is 1.67. The number of carboxylic acids is 1. The van der Waals surface area contributed by atoms with Crippen molar-refractivity contribution in [2.45, 2.75) is 6.92 Å². The lowest BCUT2D eigenvalue weighted by Gasteiger charge is -2.12. The molecule has 6 nitrogen and oxygen atoms in total. The van der Waals surface area contributed by atoms with Gasteiger partial charge in [0.05, 0.1) is 11.3 Å². The lowest BCUT2D eigenvalue weighted by molar-refractivity contribution is -0.130. The molecule has 2 aromatic carbocycles. The third-order valence-electron chi connectivity index (χ3n) is 4.82. The molecule has 0 fully saturated rings. The molecule has 0 bridgehead atoms. The van der Waals surface area contributed by atoms with Crippen molar-refractivity contribution < 1.29 is 9.90 Å². The quantitative estimate of drug-likeness (QED) is 0.287. The van der Waals surface area contributed by atoms with E-state index >= 15 is 0 Å². The highest BCUT2D eigenvalue weighted by molar-refractivity contribution is 6.30. The zero-order chi connectivity index (χ0) is 22.5. The van der Waals surface area contributed by atoms with Crippen LogP contribution in [0.15, 0.2) is 79.3 Å². The highest BCUT2D eigenvalue weighted by atomic mass is 35.5. The van der Waals surface area contributed by atoms with Crippen LogP contribution in [-0.2, 0) is 4.79 Å². The summed E-state index contributed by atoms with van der Waals surface area (Å²) in [5.41, 5.74) is 4.73. The van der Waals surface area contributed by atoms with Gasteiger partial charge in [-0.25, -0.2) is 14.8 Å². The van der Waals surface area contributed by atoms with Crippen LogP contribution in [0.5, 0.6) is 0 Å². The number of hydrogen-bond donors (Lipinski definition) is 2. The van der Waals surface area contributed by atoms with E-state index in [2.05, 4.69) is 20.3 Å². The molecule has 0 aliphatic heterocycles. The molecule has 0 radical (unpaired) electrons. The monoisotopic (exact) mass is 442 g/mol. The van der Waals surface area contributed by atoms with Gasteiger partial charge < -0.3 is 10.4 Å². The number of benzene rings is 2. The van der Waals surface area contributed by atoms with E-state index in [0.717, 1.165) is 22.4 Å². The topological polar surface area (TPSA) is 88.0 Å². The molecule has 7 heteroatoms. The van der Waals surface area contributed by atoms with Crippen molar-refractivity contribution in [2.24, 2.45) is 0 Å². The molecule has 4 rings (SSSR count). The minimum absolute atomic E-state index is 0.167. The standard InChI is InChI=1S/C25H19ClN4O2/c1-16-4-7-18(21(24(31)32)13-17-5-8-20(26)9-6-17)14-23(16)30-25-28-12-10-22(29-25)19-3-2-11-27-15-19/h2-15H,1H3,(H,31,32)(H,28,29,30)/b21-13+. The fourth-order valence-corrected chi connectivity index (χ4v) is 3.26. The van der Waals surface area contributed by atoms with E-state index in [-0.39, 0.29) is 5.57 Å². The lowest BCUT2D eigenvalue weighted by atomic mass is 10.0. The summed E-state index contributed by atoms with van der Waals surface area (Å²) in [6.07, 6.45) is 6.72. The number of carbonyl (C=O) groups is 1. The van der Waals surface area contributed by atoms with E-state index in [0.29, 0.717) is 22.2 Å². The van der Waals surface area contributed by atoms with Crippen molar-refractivity contribution in [3.8, 4) is 11.3 Å². The van der Waals surface area contributed by atoms with Crippen LogP contribution in [0, 0.1) is 6.92 Å². The maximum Gasteiger partial charge on any atom is 0.336 e. The number of aromatic nitrogens is 3. The van der Waals surface area contributed by atoms with Gasteiger partial charge in [0.1, 0.15) is 0 Å². The number of nitrogens with one attached hydrogen (secondary N) is 1. The van der Waals surface area contributed by atoms with Crippen LogP contribution in [-0.4, -0.2) is 26.0 Å². The number of aryl methyl sites for hydroxylation is 1. The van der Waals surface area contributed by atoms with Gasteiger partial charge in [-0.15, -0.1) is 0 Å².